The number of fused-ring (bicyclic) bond motifs is 2. The van der Waals surface area contributed by atoms with Gasteiger partial charge in [0.05, 0.1) is 22.0 Å². The van der Waals surface area contributed by atoms with Crippen molar-refractivity contribution in [1.29, 1.82) is 0 Å². The fourth-order valence-electron chi connectivity index (χ4n) is 4.09. The minimum absolute atomic E-state index is 0.259. The van der Waals surface area contributed by atoms with Crippen molar-refractivity contribution in [2.24, 2.45) is 0 Å². The van der Waals surface area contributed by atoms with Crippen LogP contribution >= 0.6 is 31.9 Å². The van der Waals surface area contributed by atoms with Gasteiger partial charge in [-0.15, -0.1) is 0 Å². The molecule has 2 aliphatic heterocycles. The van der Waals surface area contributed by atoms with Crippen LogP contribution in [-0.2, 0) is 35.4 Å². The highest BCUT2D eigenvalue weighted by Gasteiger charge is 2.29. The molecule has 4 rings (SSSR count). The minimum atomic E-state index is -0.535. The number of rotatable bonds is 0. The van der Waals surface area contributed by atoms with Gasteiger partial charge in [0.15, 0.2) is 0 Å². The molecule has 2 heterocycles. The Morgan fingerprint density at radius 1 is 0.711 bits per heavy atom. The molecule has 0 saturated carbocycles. The van der Waals surface area contributed by atoms with Crippen molar-refractivity contribution in [3.05, 3.63) is 67.1 Å². The summed E-state index contributed by atoms with van der Waals surface area (Å²) < 4.78 is 39.6. The summed E-state index contributed by atoms with van der Waals surface area (Å²) in [6.07, 6.45) is 0.521. The second-order valence-corrected chi connectivity index (χ2v) is 13.0. The number of benzene rings is 2. The van der Waals surface area contributed by atoms with Crippen LogP contribution in [-0.4, -0.2) is 46.3 Å². The average molecular weight is 660 g/mol. The lowest BCUT2D eigenvalue weighted by atomic mass is 9.99. The molecule has 0 bridgehead atoms. The van der Waals surface area contributed by atoms with E-state index in [0.717, 1.165) is 11.1 Å². The van der Waals surface area contributed by atoms with E-state index in [-0.39, 0.29) is 24.7 Å². The van der Waals surface area contributed by atoms with Gasteiger partial charge in [-0.1, -0.05) is 12.1 Å². The maximum Gasteiger partial charge on any atom is 0.410 e. The van der Waals surface area contributed by atoms with Crippen molar-refractivity contribution < 1.29 is 27.8 Å². The third-order valence-corrected chi connectivity index (χ3v) is 7.11. The second-order valence-electron chi connectivity index (χ2n) is 11.3. The van der Waals surface area contributed by atoms with Crippen molar-refractivity contribution in [3.63, 3.8) is 0 Å². The van der Waals surface area contributed by atoms with Gasteiger partial charge in [-0.3, -0.25) is 0 Å². The van der Waals surface area contributed by atoms with Crippen LogP contribution in [0.15, 0.2) is 33.2 Å². The van der Waals surface area contributed by atoms with Crippen LogP contribution in [0.25, 0.3) is 0 Å². The van der Waals surface area contributed by atoms with E-state index in [0.29, 0.717) is 46.0 Å². The van der Waals surface area contributed by atoms with Crippen molar-refractivity contribution in [2.45, 2.75) is 78.7 Å². The van der Waals surface area contributed by atoms with E-state index in [1.54, 1.807) is 21.9 Å². The Balaban J connectivity index is 0.000000211. The number of amides is 2. The van der Waals surface area contributed by atoms with Crippen LogP contribution in [0.4, 0.5) is 18.4 Å². The molecule has 2 amide bonds. The van der Waals surface area contributed by atoms with E-state index < -0.39 is 23.4 Å². The molecule has 0 atom stereocenters. The summed E-state index contributed by atoms with van der Waals surface area (Å²) in [4.78, 5) is 27.1. The van der Waals surface area contributed by atoms with Gasteiger partial charge in [0, 0.05) is 24.2 Å². The molecular weight excluding hydrogens is 626 g/mol. The highest BCUT2D eigenvalue weighted by Crippen LogP contribution is 2.29. The Labute approximate surface area is 239 Å². The number of carbonyl (C=O) groups is 2. The summed E-state index contributed by atoms with van der Waals surface area (Å²) in [5, 5.41) is 0. The Kier molecular flexibility index (Phi) is 9.50. The van der Waals surface area contributed by atoms with Gasteiger partial charge in [0.25, 0.3) is 0 Å². The first-order chi connectivity index (χ1) is 17.6. The van der Waals surface area contributed by atoms with Crippen molar-refractivity contribution in [3.8, 4) is 0 Å². The number of carbonyl (C=O) groups excluding carboxylic acids is 2. The van der Waals surface area contributed by atoms with E-state index in [1.807, 2.05) is 53.7 Å². The molecule has 0 unspecified atom stereocenters. The van der Waals surface area contributed by atoms with Crippen LogP contribution in [0.3, 0.4) is 0 Å². The zero-order valence-corrected chi connectivity index (χ0v) is 25.8. The normalized spacial score (nSPS) is 15.1. The number of halogens is 4. The minimum Gasteiger partial charge on any atom is -0.444 e. The molecule has 2 aromatic carbocycles. The number of hydrogen-bond donors (Lipinski definition) is 0. The Hall–Kier alpha value is -2.20. The van der Waals surface area contributed by atoms with Gasteiger partial charge in [0.1, 0.15) is 22.8 Å². The van der Waals surface area contributed by atoms with E-state index in [1.165, 1.54) is 0 Å². The van der Waals surface area contributed by atoms with E-state index in [4.69, 9.17) is 9.47 Å². The lowest BCUT2D eigenvalue weighted by molar-refractivity contribution is 0.0211. The van der Waals surface area contributed by atoms with Crippen molar-refractivity contribution >= 4 is 44.0 Å². The molecule has 0 aromatic heterocycles. The number of hydrogen-bond acceptors (Lipinski definition) is 4. The average Bonchev–Trinajstić information content (AvgIpc) is 2.82. The van der Waals surface area contributed by atoms with Crippen LogP contribution in [0.2, 0.25) is 0 Å². The van der Waals surface area contributed by atoms with Gasteiger partial charge in [-0.2, -0.15) is 0 Å². The molecule has 2 aromatic rings. The molecule has 0 aliphatic carbocycles. The van der Waals surface area contributed by atoms with E-state index in [2.05, 4.69) is 31.9 Å². The van der Waals surface area contributed by atoms with Gasteiger partial charge >= 0.3 is 12.2 Å². The molecular formula is C28H34Br2F2N2O4. The summed E-state index contributed by atoms with van der Waals surface area (Å²) in [7, 11) is 0. The predicted molar refractivity (Wildman–Crippen MR) is 149 cm³/mol. The zero-order valence-electron chi connectivity index (χ0n) is 22.6. The third kappa shape index (κ3) is 7.91. The smallest absolute Gasteiger partial charge is 0.410 e. The van der Waals surface area contributed by atoms with Gasteiger partial charge < -0.3 is 19.3 Å². The summed E-state index contributed by atoms with van der Waals surface area (Å²) >= 11 is 6.34. The first-order valence-electron chi connectivity index (χ1n) is 12.4. The van der Waals surface area contributed by atoms with Crippen LogP contribution in [0.5, 0.6) is 0 Å². The highest BCUT2D eigenvalue weighted by atomic mass is 79.9. The van der Waals surface area contributed by atoms with E-state index >= 15 is 0 Å². The topological polar surface area (TPSA) is 59.1 Å². The molecule has 0 fully saturated rings. The van der Waals surface area contributed by atoms with E-state index in [9.17, 15) is 18.4 Å². The molecule has 2 aliphatic rings. The van der Waals surface area contributed by atoms with Crippen LogP contribution < -0.4 is 0 Å². The molecule has 38 heavy (non-hydrogen) atoms. The van der Waals surface area contributed by atoms with Crippen LogP contribution in [0, 0.1) is 11.6 Å². The van der Waals surface area contributed by atoms with Gasteiger partial charge in [-0.25, -0.2) is 18.4 Å². The summed E-state index contributed by atoms with van der Waals surface area (Å²) in [6.45, 7) is 12.6. The molecule has 10 heteroatoms. The van der Waals surface area contributed by atoms with Gasteiger partial charge in [-0.05, 0) is 110 Å². The fraction of sp³-hybridized carbons (Fsp3) is 0.500. The molecule has 0 N–H and O–H groups in total. The summed E-state index contributed by atoms with van der Waals surface area (Å²) in [5.74, 6) is -0.573. The molecule has 0 radical (unpaired) electrons. The predicted octanol–water partition coefficient (Wildman–Crippen LogP) is 7.76. The quantitative estimate of drug-likeness (QED) is 0.290. The monoisotopic (exact) mass is 658 g/mol. The Morgan fingerprint density at radius 2 is 1.05 bits per heavy atom. The summed E-state index contributed by atoms with van der Waals surface area (Å²) in [5.41, 5.74) is 2.00. The molecule has 6 nitrogen and oxygen atoms in total. The maximum atomic E-state index is 14.0. The van der Waals surface area contributed by atoms with Crippen molar-refractivity contribution in [1.82, 2.24) is 9.80 Å². The fourth-order valence-corrected chi connectivity index (χ4v) is 4.83. The first-order valence-corrected chi connectivity index (χ1v) is 14.0. The zero-order chi connectivity index (χ0) is 28.4. The first kappa shape index (κ1) is 30.3. The second kappa shape index (κ2) is 11.9. The Bertz CT molecular complexity index is 1120. The maximum absolute atomic E-state index is 14.0. The van der Waals surface area contributed by atoms with Crippen molar-refractivity contribution in [2.75, 3.05) is 13.1 Å². The lowest BCUT2D eigenvalue weighted by Gasteiger charge is -2.31. The molecule has 0 spiro atoms. The standard InChI is InChI=1S/2C14H17BrFNO2/c2*1-14(2,3)19-13(18)17-7-6-9-4-5-11(15)12(16)10(9)8-17/h2*4-5H,6-8H2,1-3H3. The number of nitrogens with zero attached hydrogens (tertiary/aromatic N) is 2. The Morgan fingerprint density at radius 3 is 1.37 bits per heavy atom. The molecule has 208 valence electrons. The largest absolute Gasteiger partial charge is 0.444 e. The molecule has 0 saturated heterocycles. The summed E-state index contributed by atoms with van der Waals surface area (Å²) in [6, 6.07) is 7.21. The van der Waals surface area contributed by atoms with Gasteiger partial charge in [0.2, 0.25) is 0 Å². The SMILES string of the molecule is CC(C)(C)OC(=O)N1CCc2ccc(Br)c(F)c2C1.CC(C)(C)OC(=O)N1CCc2ccc(Br)c(F)c2C1. The number of ether oxygens (including phenoxy) is 2. The van der Waals surface area contributed by atoms with Crippen LogP contribution in [0.1, 0.15) is 63.8 Å². The third-order valence-electron chi connectivity index (χ3n) is 5.89. The lowest BCUT2D eigenvalue weighted by Crippen LogP contribution is -2.40. The highest BCUT2D eigenvalue weighted by molar-refractivity contribution is 9.10.